The highest BCUT2D eigenvalue weighted by molar-refractivity contribution is 5.85. The minimum Gasteiger partial charge on any atom is -0.497 e. The number of methoxy groups -OCH3 is 1. The number of hydrogen-bond donors (Lipinski definition) is 2. The van der Waals surface area contributed by atoms with Crippen LogP contribution in [0.25, 0.3) is 0 Å². The molecule has 1 aromatic carbocycles. The van der Waals surface area contributed by atoms with Crippen molar-refractivity contribution < 1.29 is 9.84 Å². The first kappa shape index (κ1) is 15.3. The third-order valence-corrected chi connectivity index (χ3v) is 3.84. The Morgan fingerprint density at radius 1 is 1.39 bits per heavy atom. The Hall–Kier alpha value is -0.770. The summed E-state index contributed by atoms with van der Waals surface area (Å²) in [6.07, 6.45) is 3.00. The molecular weight excluding hydrogens is 250 g/mol. The number of benzene rings is 1. The monoisotopic (exact) mass is 271 g/mol. The maximum Gasteiger partial charge on any atom is 0.119 e. The number of aliphatic hydroxyl groups is 1. The van der Waals surface area contributed by atoms with Crippen molar-refractivity contribution in [3.8, 4) is 5.75 Å². The molecule has 2 rings (SSSR count). The molecule has 18 heavy (non-hydrogen) atoms. The molecule has 0 saturated heterocycles. The van der Waals surface area contributed by atoms with E-state index in [4.69, 9.17) is 10.5 Å². The Morgan fingerprint density at radius 2 is 2.06 bits per heavy atom. The Balaban J connectivity index is 0.00000162. The van der Waals surface area contributed by atoms with Gasteiger partial charge < -0.3 is 15.6 Å². The van der Waals surface area contributed by atoms with Gasteiger partial charge >= 0.3 is 0 Å². The van der Waals surface area contributed by atoms with E-state index in [0.29, 0.717) is 5.92 Å². The molecule has 102 valence electrons. The van der Waals surface area contributed by atoms with Gasteiger partial charge in [0, 0.05) is 0 Å². The normalized spacial score (nSPS) is 18.4. The largest absolute Gasteiger partial charge is 0.497 e. The van der Waals surface area contributed by atoms with Gasteiger partial charge in [-0.3, -0.25) is 0 Å². The van der Waals surface area contributed by atoms with Crippen molar-refractivity contribution in [3.05, 3.63) is 29.3 Å². The summed E-state index contributed by atoms with van der Waals surface area (Å²) in [4.78, 5) is 0. The van der Waals surface area contributed by atoms with Gasteiger partial charge in [-0.25, -0.2) is 0 Å². The number of nitrogens with two attached hydrogens (primary N) is 1. The summed E-state index contributed by atoms with van der Waals surface area (Å²) >= 11 is 0. The lowest BCUT2D eigenvalue weighted by Gasteiger charge is -2.34. The van der Waals surface area contributed by atoms with Gasteiger partial charge in [0.05, 0.1) is 19.3 Å². The molecule has 0 radical (unpaired) electrons. The first-order chi connectivity index (χ1) is 8.13. The van der Waals surface area contributed by atoms with Crippen molar-refractivity contribution in [2.45, 2.75) is 38.3 Å². The summed E-state index contributed by atoms with van der Waals surface area (Å²) in [5.74, 6) is 1.21. The molecule has 0 bridgehead atoms. The third-order valence-electron chi connectivity index (χ3n) is 3.84. The fourth-order valence-corrected chi connectivity index (χ4v) is 2.41. The van der Waals surface area contributed by atoms with Crippen molar-refractivity contribution in [1.82, 2.24) is 0 Å². The van der Waals surface area contributed by atoms with Crippen LogP contribution in [-0.4, -0.2) is 18.3 Å². The topological polar surface area (TPSA) is 55.5 Å². The van der Waals surface area contributed by atoms with Gasteiger partial charge in [-0.1, -0.05) is 12.5 Å². The predicted octanol–water partition coefficient (Wildman–Crippen LogP) is 2.59. The van der Waals surface area contributed by atoms with Crippen LogP contribution < -0.4 is 10.5 Å². The Morgan fingerprint density at radius 3 is 2.50 bits per heavy atom. The zero-order valence-electron chi connectivity index (χ0n) is 10.9. The molecule has 0 amide bonds. The van der Waals surface area contributed by atoms with E-state index in [1.54, 1.807) is 7.11 Å². The Labute approximate surface area is 115 Å². The van der Waals surface area contributed by atoms with E-state index in [0.717, 1.165) is 29.7 Å². The molecule has 3 N–H and O–H groups in total. The zero-order chi connectivity index (χ0) is 12.4. The Bertz CT molecular complexity index is 393. The van der Waals surface area contributed by atoms with Gasteiger partial charge in [0.25, 0.3) is 0 Å². The van der Waals surface area contributed by atoms with Crippen LogP contribution in [0.1, 0.15) is 36.4 Å². The molecule has 1 aliphatic carbocycles. The summed E-state index contributed by atoms with van der Waals surface area (Å²) in [5, 5.41) is 10.2. The van der Waals surface area contributed by atoms with Gasteiger partial charge in [0.1, 0.15) is 5.75 Å². The second-order valence-electron chi connectivity index (χ2n) is 4.93. The molecule has 0 unspecified atom stereocenters. The minimum atomic E-state index is -0.421. The molecule has 0 heterocycles. The van der Waals surface area contributed by atoms with Gasteiger partial charge in [0.15, 0.2) is 0 Å². The highest BCUT2D eigenvalue weighted by Crippen LogP contribution is 2.35. The average Bonchev–Trinajstić information content (AvgIpc) is 2.25. The number of ether oxygens (including phenoxy) is 1. The molecule has 0 aliphatic heterocycles. The van der Waals surface area contributed by atoms with Crippen LogP contribution in [0.15, 0.2) is 18.2 Å². The zero-order valence-corrected chi connectivity index (χ0v) is 11.7. The Kier molecular flexibility index (Phi) is 5.45. The van der Waals surface area contributed by atoms with E-state index in [-0.39, 0.29) is 18.4 Å². The second kappa shape index (κ2) is 6.41. The molecule has 3 nitrogen and oxygen atoms in total. The van der Waals surface area contributed by atoms with E-state index in [1.165, 1.54) is 6.42 Å². The van der Waals surface area contributed by atoms with Crippen molar-refractivity contribution in [2.75, 3.05) is 7.11 Å². The average molecular weight is 272 g/mol. The van der Waals surface area contributed by atoms with Crippen molar-refractivity contribution in [3.63, 3.8) is 0 Å². The maximum atomic E-state index is 10.2. The fraction of sp³-hybridized carbons (Fsp3) is 0.571. The number of aryl methyl sites for hydroxylation is 1. The summed E-state index contributed by atoms with van der Waals surface area (Å²) < 4.78 is 5.17. The summed E-state index contributed by atoms with van der Waals surface area (Å²) in [5.41, 5.74) is 8.25. The molecule has 1 aliphatic rings. The van der Waals surface area contributed by atoms with Crippen LogP contribution in [0, 0.1) is 12.8 Å². The van der Waals surface area contributed by atoms with E-state index in [9.17, 15) is 5.11 Å². The van der Waals surface area contributed by atoms with Crippen LogP contribution in [0.4, 0.5) is 0 Å². The molecule has 1 saturated carbocycles. The quantitative estimate of drug-likeness (QED) is 0.885. The molecule has 0 aromatic heterocycles. The molecular formula is C14H22ClNO2. The fourth-order valence-electron chi connectivity index (χ4n) is 2.41. The summed E-state index contributed by atoms with van der Waals surface area (Å²) in [6.45, 7) is 2.01. The van der Waals surface area contributed by atoms with E-state index >= 15 is 0 Å². The minimum absolute atomic E-state index is 0. The number of aliphatic hydroxyl groups excluding tert-OH is 1. The maximum absolute atomic E-state index is 10.2. The molecule has 2 atom stereocenters. The summed E-state index contributed by atoms with van der Waals surface area (Å²) in [7, 11) is 1.65. The molecule has 1 aromatic rings. The highest BCUT2D eigenvalue weighted by Gasteiger charge is 2.31. The number of hydrogen-bond acceptors (Lipinski definition) is 3. The highest BCUT2D eigenvalue weighted by atomic mass is 35.5. The van der Waals surface area contributed by atoms with Crippen LogP contribution in [0.3, 0.4) is 0 Å². The lowest BCUT2D eigenvalue weighted by atomic mass is 9.77. The van der Waals surface area contributed by atoms with Crippen LogP contribution in [0.5, 0.6) is 5.75 Å². The van der Waals surface area contributed by atoms with Crippen molar-refractivity contribution in [1.29, 1.82) is 0 Å². The first-order valence-electron chi connectivity index (χ1n) is 6.21. The van der Waals surface area contributed by atoms with Gasteiger partial charge in [0.2, 0.25) is 0 Å². The van der Waals surface area contributed by atoms with E-state index in [1.807, 2.05) is 25.1 Å². The van der Waals surface area contributed by atoms with E-state index < -0.39 is 6.10 Å². The lowest BCUT2D eigenvalue weighted by molar-refractivity contribution is 0.0412. The predicted molar refractivity (Wildman–Crippen MR) is 75.3 cm³/mol. The van der Waals surface area contributed by atoms with Gasteiger partial charge in [-0.15, -0.1) is 12.4 Å². The number of rotatable bonds is 4. The SMILES string of the molecule is COc1ccc([C@H](N)[C@H](O)C2CCC2)c(C)c1.Cl. The second-order valence-corrected chi connectivity index (χ2v) is 4.93. The standard InChI is InChI=1S/C14H21NO2.ClH/c1-9-8-11(17-2)6-7-12(9)13(15)14(16)10-4-3-5-10;/h6-8,10,13-14,16H,3-5,15H2,1-2H3;1H/t13-,14+;/m0./s1. The summed E-state index contributed by atoms with van der Waals surface area (Å²) in [6, 6.07) is 5.53. The van der Waals surface area contributed by atoms with Crippen molar-refractivity contribution >= 4 is 12.4 Å². The van der Waals surface area contributed by atoms with Crippen molar-refractivity contribution in [2.24, 2.45) is 11.7 Å². The molecule has 1 fully saturated rings. The van der Waals surface area contributed by atoms with Gasteiger partial charge in [-0.05, 0) is 48.9 Å². The van der Waals surface area contributed by atoms with Crippen LogP contribution in [0.2, 0.25) is 0 Å². The number of halogens is 1. The van der Waals surface area contributed by atoms with Crippen LogP contribution >= 0.6 is 12.4 Å². The molecule has 0 spiro atoms. The first-order valence-corrected chi connectivity index (χ1v) is 6.21. The van der Waals surface area contributed by atoms with E-state index in [2.05, 4.69) is 0 Å². The lowest BCUT2D eigenvalue weighted by Crippen LogP contribution is -2.36. The smallest absolute Gasteiger partial charge is 0.119 e. The molecule has 4 heteroatoms. The third kappa shape index (κ3) is 2.97. The van der Waals surface area contributed by atoms with Crippen LogP contribution in [-0.2, 0) is 0 Å². The van der Waals surface area contributed by atoms with Gasteiger partial charge in [-0.2, -0.15) is 0 Å².